The second-order valence-electron chi connectivity index (χ2n) is 8.79. The predicted molar refractivity (Wildman–Crippen MR) is 115 cm³/mol. The maximum absolute atomic E-state index is 15.2. The number of carbonyl (C=O) groups is 1. The first-order valence-electron chi connectivity index (χ1n) is 11.0. The maximum Gasteiger partial charge on any atom is 0.490 e. The van der Waals surface area contributed by atoms with Crippen LogP contribution in [0.4, 0.5) is 23.2 Å². The second kappa shape index (κ2) is 8.97. The Morgan fingerprint density at radius 1 is 1.24 bits per heavy atom. The molecule has 2 atom stereocenters. The van der Waals surface area contributed by atoms with Crippen LogP contribution in [0.1, 0.15) is 31.7 Å². The first-order chi connectivity index (χ1) is 16.0. The van der Waals surface area contributed by atoms with Crippen LogP contribution in [0.25, 0.3) is 10.9 Å². The Kier molecular flexibility index (Phi) is 6.36. The van der Waals surface area contributed by atoms with E-state index >= 15 is 4.39 Å². The number of methoxy groups -OCH3 is 1. The summed E-state index contributed by atoms with van der Waals surface area (Å²) in [6.45, 7) is 2.52. The van der Waals surface area contributed by atoms with E-state index in [2.05, 4.69) is 10.2 Å². The molecule has 34 heavy (non-hydrogen) atoms. The zero-order valence-corrected chi connectivity index (χ0v) is 18.4. The van der Waals surface area contributed by atoms with Gasteiger partial charge in [-0.25, -0.2) is 9.18 Å². The second-order valence-corrected chi connectivity index (χ2v) is 8.79. The van der Waals surface area contributed by atoms with Gasteiger partial charge in [-0.1, -0.05) is 0 Å². The molecule has 0 radical (unpaired) electrons. The molecule has 3 fully saturated rings. The summed E-state index contributed by atoms with van der Waals surface area (Å²) in [5.41, 5.74) is 0.463. The number of anilines is 1. The van der Waals surface area contributed by atoms with Crippen molar-refractivity contribution in [2.45, 2.75) is 43.9 Å². The van der Waals surface area contributed by atoms with Crippen LogP contribution in [-0.2, 0) is 4.79 Å². The average Bonchev–Trinajstić information content (AvgIpc) is 3.53. The van der Waals surface area contributed by atoms with Crippen molar-refractivity contribution in [1.82, 2.24) is 9.88 Å². The molecular weight excluding hydrogens is 462 g/mol. The molecule has 2 aliphatic heterocycles. The highest BCUT2D eigenvalue weighted by Gasteiger charge is 2.39. The third-order valence-electron chi connectivity index (χ3n) is 6.48. The van der Waals surface area contributed by atoms with Crippen molar-refractivity contribution in [3.8, 4) is 11.5 Å². The van der Waals surface area contributed by atoms with Gasteiger partial charge in [0.15, 0.2) is 17.3 Å². The SMILES string of the molecule is COc1c(N2C[C@@H]3CCCN[C@@H]3C2)c(F)cc2c(=O)c(O)cn(C3CC3)c12.O=C(O)C(F)(F)F. The zero-order valence-electron chi connectivity index (χ0n) is 18.4. The topological polar surface area (TPSA) is 104 Å². The first-order valence-corrected chi connectivity index (χ1v) is 11.0. The summed E-state index contributed by atoms with van der Waals surface area (Å²) >= 11 is 0. The van der Waals surface area contributed by atoms with Crippen molar-refractivity contribution in [3.05, 3.63) is 28.3 Å². The molecule has 1 aromatic carbocycles. The van der Waals surface area contributed by atoms with Crippen molar-refractivity contribution in [3.63, 3.8) is 0 Å². The van der Waals surface area contributed by atoms with Gasteiger partial charge in [0.05, 0.1) is 24.2 Å². The molecule has 5 rings (SSSR count). The summed E-state index contributed by atoms with van der Waals surface area (Å²) in [5, 5.41) is 20.9. The van der Waals surface area contributed by atoms with Crippen molar-refractivity contribution in [1.29, 1.82) is 0 Å². The third kappa shape index (κ3) is 4.50. The minimum atomic E-state index is -5.08. The number of aliphatic carboxylic acids is 1. The molecule has 8 nitrogen and oxygen atoms in total. The highest BCUT2D eigenvalue weighted by molar-refractivity contribution is 5.92. The minimum Gasteiger partial charge on any atom is -0.503 e. The summed E-state index contributed by atoms with van der Waals surface area (Å²) in [6, 6.07) is 1.85. The first kappa shape index (κ1) is 24.1. The van der Waals surface area contributed by atoms with Gasteiger partial charge in [0.1, 0.15) is 5.69 Å². The lowest BCUT2D eigenvalue weighted by atomic mass is 9.94. The van der Waals surface area contributed by atoms with E-state index in [1.54, 1.807) is 0 Å². The third-order valence-corrected chi connectivity index (χ3v) is 6.48. The minimum absolute atomic E-state index is 0.176. The molecule has 186 valence electrons. The van der Waals surface area contributed by atoms with E-state index in [-0.39, 0.29) is 17.2 Å². The van der Waals surface area contributed by atoms with Crippen molar-refractivity contribution < 1.29 is 37.3 Å². The number of nitrogens with one attached hydrogen (secondary N) is 1. The normalized spacial score (nSPS) is 22.2. The van der Waals surface area contributed by atoms with E-state index in [9.17, 15) is 23.1 Å². The van der Waals surface area contributed by atoms with Crippen molar-refractivity contribution >= 4 is 22.6 Å². The number of carboxylic acids is 1. The standard InChI is InChI=1S/C20H24FN3O3.C2HF3O2/c1-27-20-17-13(19(26)16(25)10-24(17)12-4-5-12)7-14(21)18(20)23-8-11-3-2-6-22-15(11)9-23;3-2(4,5)1(6)7/h7,10-12,15,22,25H,2-6,8-9H2,1H3;(H,6,7)/t11-,15+;/m0./s1. The maximum atomic E-state index is 15.2. The van der Waals surface area contributed by atoms with Gasteiger partial charge >= 0.3 is 12.1 Å². The Morgan fingerprint density at radius 2 is 1.91 bits per heavy atom. The molecule has 0 bridgehead atoms. The van der Waals surface area contributed by atoms with Crippen molar-refractivity contribution in [2.75, 3.05) is 31.6 Å². The highest BCUT2D eigenvalue weighted by Crippen LogP contribution is 2.45. The molecule has 0 unspecified atom stereocenters. The Hall–Kier alpha value is -3.02. The largest absolute Gasteiger partial charge is 0.503 e. The summed E-state index contributed by atoms with van der Waals surface area (Å²) < 4.78 is 54.5. The smallest absolute Gasteiger partial charge is 0.490 e. The Bertz CT molecular complexity index is 1150. The number of halogens is 4. The molecule has 1 saturated carbocycles. The molecule has 2 aromatic rings. The summed E-state index contributed by atoms with van der Waals surface area (Å²) in [7, 11) is 1.52. The number of aromatic nitrogens is 1. The van der Waals surface area contributed by atoms with Crippen LogP contribution in [-0.4, -0.2) is 59.7 Å². The summed E-state index contributed by atoms with van der Waals surface area (Å²) in [6.07, 6.45) is 0.632. The number of piperidine rings is 1. The lowest BCUT2D eigenvalue weighted by Crippen LogP contribution is -2.40. The molecular formula is C22H25F4N3O5. The van der Waals surface area contributed by atoms with Gasteiger partial charge in [0, 0.05) is 25.2 Å². The van der Waals surface area contributed by atoms with Crippen LogP contribution in [0.5, 0.6) is 11.5 Å². The number of carboxylic acid groups (broad SMARTS) is 1. The molecule has 12 heteroatoms. The fraction of sp³-hybridized carbons (Fsp3) is 0.545. The van der Waals surface area contributed by atoms with E-state index in [0.29, 0.717) is 28.9 Å². The number of aromatic hydroxyl groups is 1. The van der Waals surface area contributed by atoms with Crippen LogP contribution < -0.4 is 20.4 Å². The molecule has 3 aliphatic rings. The van der Waals surface area contributed by atoms with Crippen LogP contribution in [0, 0.1) is 11.7 Å². The molecule has 3 N–H and O–H groups in total. The molecule has 2 saturated heterocycles. The number of pyridine rings is 1. The van der Waals surface area contributed by atoms with Gasteiger partial charge in [0.2, 0.25) is 5.43 Å². The zero-order chi connectivity index (χ0) is 24.8. The number of benzene rings is 1. The van der Waals surface area contributed by atoms with E-state index in [0.717, 1.165) is 45.3 Å². The average molecular weight is 487 g/mol. The number of hydrogen-bond donors (Lipinski definition) is 3. The van der Waals surface area contributed by atoms with Crippen LogP contribution in [0.2, 0.25) is 0 Å². The number of rotatable bonds is 3. The number of alkyl halides is 3. The number of fused-ring (bicyclic) bond motifs is 2. The van der Waals surface area contributed by atoms with Crippen molar-refractivity contribution in [2.24, 2.45) is 5.92 Å². The Morgan fingerprint density at radius 3 is 2.47 bits per heavy atom. The van der Waals surface area contributed by atoms with Crippen LogP contribution in [0.3, 0.4) is 0 Å². The number of ether oxygens (including phenoxy) is 1. The summed E-state index contributed by atoms with van der Waals surface area (Å²) in [4.78, 5) is 23.4. The lowest BCUT2D eigenvalue weighted by molar-refractivity contribution is -0.192. The van der Waals surface area contributed by atoms with E-state index in [4.69, 9.17) is 14.6 Å². The fourth-order valence-electron chi connectivity index (χ4n) is 4.79. The fourth-order valence-corrected chi connectivity index (χ4v) is 4.79. The molecule has 0 amide bonds. The number of nitrogens with zero attached hydrogens (tertiary/aromatic N) is 2. The highest BCUT2D eigenvalue weighted by atomic mass is 19.4. The van der Waals surface area contributed by atoms with E-state index < -0.39 is 23.4 Å². The van der Waals surface area contributed by atoms with E-state index in [1.165, 1.54) is 19.4 Å². The van der Waals surface area contributed by atoms with E-state index in [1.807, 2.05) is 4.57 Å². The number of hydrogen-bond acceptors (Lipinski definition) is 6. The van der Waals surface area contributed by atoms with Gasteiger partial charge in [-0.15, -0.1) is 0 Å². The quantitative estimate of drug-likeness (QED) is 0.572. The van der Waals surface area contributed by atoms with Crippen LogP contribution >= 0.6 is 0 Å². The lowest BCUT2D eigenvalue weighted by Gasteiger charge is -2.24. The molecule has 1 aliphatic carbocycles. The molecule has 3 heterocycles. The monoisotopic (exact) mass is 487 g/mol. The van der Waals surface area contributed by atoms with Gasteiger partial charge in [-0.05, 0) is 44.2 Å². The Labute approximate surface area is 191 Å². The molecule has 0 spiro atoms. The van der Waals surface area contributed by atoms with Gasteiger partial charge in [0.25, 0.3) is 0 Å². The van der Waals surface area contributed by atoms with Gasteiger partial charge in [-0.3, -0.25) is 4.79 Å². The molecule has 1 aromatic heterocycles. The Balaban J connectivity index is 0.000000344. The predicted octanol–water partition coefficient (Wildman–Crippen LogP) is 3.01. The van der Waals surface area contributed by atoms with Crippen LogP contribution in [0.15, 0.2) is 17.1 Å². The summed E-state index contributed by atoms with van der Waals surface area (Å²) in [5.74, 6) is -2.67. The van der Waals surface area contributed by atoms with Gasteiger partial charge < -0.3 is 29.7 Å². The van der Waals surface area contributed by atoms with Gasteiger partial charge in [-0.2, -0.15) is 13.2 Å².